The van der Waals surface area contributed by atoms with Crippen LogP contribution in [0.15, 0.2) is 10.5 Å². The highest BCUT2D eigenvalue weighted by Gasteiger charge is 2.29. The lowest BCUT2D eigenvalue weighted by Crippen LogP contribution is -2.25. The fraction of sp³-hybridized carbons (Fsp3) is 0.538. The van der Waals surface area contributed by atoms with E-state index in [-0.39, 0.29) is 47.6 Å². The molecule has 1 aromatic rings. The lowest BCUT2D eigenvalue weighted by Gasteiger charge is -2.07. The van der Waals surface area contributed by atoms with Crippen molar-refractivity contribution < 1.29 is 27.5 Å². The van der Waals surface area contributed by atoms with Crippen molar-refractivity contribution in [2.45, 2.75) is 26.3 Å². The SMILES string of the molecule is Cc1oc(CNC(=O)CC2CCS(=O)(=O)C2)cc1C(=O)O. The van der Waals surface area contributed by atoms with Gasteiger partial charge in [-0.3, -0.25) is 4.79 Å². The van der Waals surface area contributed by atoms with Gasteiger partial charge in [-0.1, -0.05) is 0 Å². The number of hydrogen-bond acceptors (Lipinski definition) is 5. The van der Waals surface area contributed by atoms with E-state index < -0.39 is 15.8 Å². The lowest BCUT2D eigenvalue weighted by atomic mass is 10.1. The average Bonchev–Trinajstić information content (AvgIpc) is 2.90. The fourth-order valence-corrected chi connectivity index (χ4v) is 4.26. The molecule has 7 nitrogen and oxygen atoms in total. The second-order valence-electron chi connectivity index (χ2n) is 5.24. The molecule has 0 radical (unpaired) electrons. The van der Waals surface area contributed by atoms with E-state index in [9.17, 15) is 18.0 Å². The molecule has 0 bridgehead atoms. The van der Waals surface area contributed by atoms with E-state index in [1.54, 1.807) is 0 Å². The molecule has 1 atom stereocenters. The van der Waals surface area contributed by atoms with Crippen LogP contribution in [-0.2, 0) is 21.2 Å². The highest BCUT2D eigenvalue weighted by Crippen LogP contribution is 2.21. The zero-order chi connectivity index (χ0) is 15.6. The van der Waals surface area contributed by atoms with Crippen molar-refractivity contribution in [3.05, 3.63) is 23.2 Å². The number of carboxylic acid groups (broad SMARTS) is 1. The van der Waals surface area contributed by atoms with Crippen molar-refractivity contribution in [1.82, 2.24) is 5.32 Å². The minimum Gasteiger partial charge on any atom is -0.478 e. The van der Waals surface area contributed by atoms with Crippen LogP contribution in [-0.4, -0.2) is 36.9 Å². The maximum Gasteiger partial charge on any atom is 0.339 e. The number of carbonyl (C=O) groups excluding carboxylic acids is 1. The Hall–Kier alpha value is -1.83. The summed E-state index contributed by atoms with van der Waals surface area (Å²) in [7, 11) is -2.98. The Bertz CT molecular complexity index is 660. The minimum atomic E-state index is -2.98. The first kappa shape index (κ1) is 15.6. The van der Waals surface area contributed by atoms with Crippen LogP contribution in [0.1, 0.15) is 34.7 Å². The predicted octanol–water partition coefficient (Wildman–Crippen LogP) is 0.727. The summed E-state index contributed by atoms with van der Waals surface area (Å²) < 4.78 is 27.8. The number of rotatable bonds is 5. The van der Waals surface area contributed by atoms with Crippen molar-refractivity contribution in [3.8, 4) is 0 Å². The van der Waals surface area contributed by atoms with Gasteiger partial charge in [0.2, 0.25) is 5.91 Å². The number of furan rings is 1. The molecule has 2 heterocycles. The third-order valence-corrected chi connectivity index (χ3v) is 5.30. The number of hydrogen-bond donors (Lipinski definition) is 2. The monoisotopic (exact) mass is 315 g/mol. The first-order chi connectivity index (χ1) is 9.77. The van der Waals surface area contributed by atoms with Gasteiger partial charge in [-0.2, -0.15) is 0 Å². The molecule has 0 saturated carbocycles. The van der Waals surface area contributed by atoms with Crippen molar-refractivity contribution in [2.24, 2.45) is 5.92 Å². The Kier molecular flexibility index (Phi) is 4.36. The van der Waals surface area contributed by atoms with E-state index in [0.29, 0.717) is 12.2 Å². The number of aromatic carboxylic acids is 1. The second kappa shape index (κ2) is 5.88. The highest BCUT2D eigenvalue weighted by molar-refractivity contribution is 7.91. The topological polar surface area (TPSA) is 114 Å². The summed E-state index contributed by atoms with van der Waals surface area (Å²) in [6.07, 6.45) is 0.670. The van der Waals surface area contributed by atoms with Crippen LogP contribution in [0, 0.1) is 12.8 Å². The molecule has 1 fully saturated rings. The third-order valence-electron chi connectivity index (χ3n) is 3.46. The van der Waals surface area contributed by atoms with Gasteiger partial charge in [0.25, 0.3) is 0 Å². The number of amides is 1. The quantitative estimate of drug-likeness (QED) is 0.828. The molecule has 1 aromatic heterocycles. The van der Waals surface area contributed by atoms with Gasteiger partial charge in [0.15, 0.2) is 9.84 Å². The van der Waals surface area contributed by atoms with E-state index in [0.717, 1.165) is 0 Å². The summed E-state index contributed by atoms with van der Waals surface area (Å²) in [6.45, 7) is 1.63. The van der Waals surface area contributed by atoms with E-state index in [4.69, 9.17) is 9.52 Å². The fourth-order valence-electron chi connectivity index (χ4n) is 2.40. The Morgan fingerprint density at radius 3 is 2.71 bits per heavy atom. The van der Waals surface area contributed by atoms with Gasteiger partial charge < -0.3 is 14.8 Å². The molecule has 21 heavy (non-hydrogen) atoms. The van der Waals surface area contributed by atoms with E-state index in [2.05, 4.69) is 5.32 Å². The summed E-state index contributed by atoms with van der Waals surface area (Å²) in [5.41, 5.74) is 0.0705. The van der Waals surface area contributed by atoms with Crippen molar-refractivity contribution in [1.29, 1.82) is 0 Å². The van der Waals surface area contributed by atoms with Crippen LogP contribution in [0.5, 0.6) is 0 Å². The van der Waals surface area contributed by atoms with Gasteiger partial charge in [0.1, 0.15) is 17.1 Å². The number of carbonyl (C=O) groups is 2. The first-order valence-electron chi connectivity index (χ1n) is 6.56. The maximum absolute atomic E-state index is 11.7. The van der Waals surface area contributed by atoms with Crippen LogP contribution < -0.4 is 5.32 Å². The summed E-state index contributed by atoms with van der Waals surface area (Å²) in [5, 5.41) is 11.5. The van der Waals surface area contributed by atoms with Crippen LogP contribution in [0.3, 0.4) is 0 Å². The molecule has 1 amide bonds. The largest absolute Gasteiger partial charge is 0.478 e. The summed E-state index contributed by atoms with van der Waals surface area (Å²) >= 11 is 0. The summed E-state index contributed by atoms with van der Waals surface area (Å²) in [6, 6.07) is 1.37. The molecule has 1 saturated heterocycles. The molecule has 0 spiro atoms. The maximum atomic E-state index is 11.7. The first-order valence-corrected chi connectivity index (χ1v) is 8.38. The van der Waals surface area contributed by atoms with E-state index >= 15 is 0 Å². The molecule has 1 aliphatic rings. The van der Waals surface area contributed by atoms with E-state index in [1.165, 1.54) is 13.0 Å². The summed E-state index contributed by atoms with van der Waals surface area (Å²) in [4.78, 5) is 22.6. The van der Waals surface area contributed by atoms with Gasteiger partial charge in [-0.05, 0) is 25.3 Å². The molecule has 0 aromatic carbocycles. The molecular formula is C13H17NO6S. The van der Waals surface area contributed by atoms with Gasteiger partial charge >= 0.3 is 5.97 Å². The Morgan fingerprint density at radius 2 is 2.19 bits per heavy atom. The number of nitrogens with one attached hydrogen (secondary N) is 1. The van der Waals surface area contributed by atoms with Gasteiger partial charge in [0.05, 0.1) is 18.1 Å². The van der Waals surface area contributed by atoms with E-state index in [1.807, 2.05) is 0 Å². The highest BCUT2D eigenvalue weighted by atomic mass is 32.2. The molecule has 8 heteroatoms. The minimum absolute atomic E-state index is 0.0590. The second-order valence-corrected chi connectivity index (χ2v) is 7.47. The average molecular weight is 315 g/mol. The Labute approximate surface area is 122 Å². The zero-order valence-electron chi connectivity index (χ0n) is 11.6. The molecule has 1 aliphatic heterocycles. The molecule has 2 N–H and O–H groups in total. The van der Waals surface area contributed by atoms with Crippen LogP contribution in [0.4, 0.5) is 0 Å². The predicted molar refractivity (Wildman–Crippen MR) is 73.6 cm³/mol. The van der Waals surface area contributed by atoms with Crippen molar-refractivity contribution >= 4 is 21.7 Å². The van der Waals surface area contributed by atoms with Gasteiger partial charge in [0, 0.05) is 6.42 Å². The number of sulfone groups is 1. The zero-order valence-corrected chi connectivity index (χ0v) is 12.4. The van der Waals surface area contributed by atoms with Crippen molar-refractivity contribution in [3.63, 3.8) is 0 Å². The van der Waals surface area contributed by atoms with Crippen molar-refractivity contribution in [2.75, 3.05) is 11.5 Å². The van der Waals surface area contributed by atoms with Crippen LogP contribution in [0.25, 0.3) is 0 Å². The number of aryl methyl sites for hydroxylation is 1. The molecule has 0 aliphatic carbocycles. The Morgan fingerprint density at radius 1 is 1.48 bits per heavy atom. The normalized spacial score (nSPS) is 20.3. The van der Waals surface area contributed by atoms with Crippen LogP contribution in [0.2, 0.25) is 0 Å². The third kappa shape index (κ3) is 4.07. The molecule has 1 unspecified atom stereocenters. The van der Waals surface area contributed by atoms with Gasteiger partial charge in [-0.25, -0.2) is 13.2 Å². The molecule has 116 valence electrons. The van der Waals surface area contributed by atoms with Gasteiger partial charge in [-0.15, -0.1) is 0 Å². The lowest BCUT2D eigenvalue weighted by molar-refractivity contribution is -0.122. The summed E-state index contributed by atoms with van der Waals surface area (Å²) in [5.74, 6) is -0.629. The standard InChI is InChI=1S/C13H17NO6S/c1-8-11(13(16)17)5-10(20-8)6-14-12(15)4-9-2-3-21(18,19)7-9/h5,9H,2-4,6-7H2,1H3,(H,14,15)(H,16,17). The number of carboxylic acids is 1. The Balaban J connectivity index is 1.84. The molecule has 2 rings (SSSR count). The smallest absolute Gasteiger partial charge is 0.339 e. The molecular weight excluding hydrogens is 298 g/mol. The van der Waals surface area contributed by atoms with Crippen LogP contribution >= 0.6 is 0 Å².